The van der Waals surface area contributed by atoms with Crippen molar-refractivity contribution < 1.29 is 4.74 Å². The van der Waals surface area contributed by atoms with Crippen LogP contribution in [0.1, 0.15) is 39.0 Å². The van der Waals surface area contributed by atoms with Crippen molar-refractivity contribution in [2.75, 3.05) is 32.8 Å². The standard InChI is InChI=1S/C13H26N2O/c1-2-3-8-15(13-4-5-13)9-6-12-11-16-10-7-14-12/h12-14H,2-11H2,1H3. The molecule has 0 aromatic carbocycles. The number of unbranched alkanes of at least 4 members (excludes halogenated alkanes) is 1. The van der Waals surface area contributed by atoms with E-state index in [1.54, 1.807) is 0 Å². The first-order chi connectivity index (χ1) is 7.90. The Bertz CT molecular complexity index is 188. The molecule has 1 atom stereocenters. The molecule has 2 fully saturated rings. The molecule has 1 unspecified atom stereocenters. The van der Waals surface area contributed by atoms with Crippen LogP contribution in [0.2, 0.25) is 0 Å². The molecular formula is C13H26N2O. The summed E-state index contributed by atoms with van der Waals surface area (Å²) >= 11 is 0. The van der Waals surface area contributed by atoms with E-state index in [0.717, 1.165) is 25.8 Å². The minimum absolute atomic E-state index is 0.594. The van der Waals surface area contributed by atoms with E-state index in [9.17, 15) is 0 Å². The molecule has 1 saturated carbocycles. The summed E-state index contributed by atoms with van der Waals surface area (Å²) in [7, 11) is 0. The third-order valence-electron chi connectivity index (χ3n) is 3.63. The first-order valence-electron chi connectivity index (χ1n) is 6.95. The van der Waals surface area contributed by atoms with Crippen LogP contribution in [-0.4, -0.2) is 49.8 Å². The summed E-state index contributed by atoms with van der Waals surface area (Å²) in [5.74, 6) is 0. The Labute approximate surface area is 99.5 Å². The molecule has 2 aliphatic rings. The molecule has 3 nitrogen and oxygen atoms in total. The predicted molar refractivity (Wildman–Crippen MR) is 66.7 cm³/mol. The fourth-order valence-electron chi connectivity index (χ4n) is 2.40. The van der Waals surface area contributed by atoms with Crippen LogP contribution in [0.15, 0.2) is 0 Å². The number of hydrogen-bond donors (Lipinski definition) is 1. The van der Waals surface area contributed by atoms with Crippen LogP contribution in [0.25, 0.3) is 0 Å². The zero-order chi connectivity index (χ0) is 11.2. The fraction of sp³-hybridized carbons (Fsp3) is 1.00. The van der Waals surface area contributed by atoms with Crippen LogP contribution in [0.3, 0.4) is 0 Å². The van der Waals surface area contributed by atoms with Gasteiger partial charge in [0.25, 0.3) is 0 Å². The summed E-state index contributed by atoms with van der Waals surface area (Å²) in [5, 5.41) is 3.54. The Kier molecular flexibility index (Phi) is 5.07. The van der Waals surface area contributed by atoms with E-state index in [2.05, 4.69) is 17.1 Å². The molecule has 0 aromatic rings. The van der Waals surface area contributed by atoms with Crippen LogP contribution in [0.5, 0.6) is 0 Å². The van der Waals surface area contributed by atoms with Gasteiger partial charge in [-0.1, -0.05) is 13.3 Å². The van der Waals surface area contributed by atoms with Gasteiger partial charge in [0.1, 0.15) is 0 Å². The summed E-state index contributed by atoms with van der Waals surface area (Å²) < 4.78 is 5.49. The highest BCUT2D eigenvalue weighted by atomic mass is 16.5. The highest BCUT2D eigenvalue weighted by Crippen LogP contribution is 2.27. The van der Waals surface area contributed by atoms with E-state index in [0.29, 0.717) is 6.04 Å². The molecule has 1 saturated heterocycles. The number of ether oxygens (including phenoxy) is 1. The maximum Gasteiger partial charge on any atom is 0.0620 e. The lowest BCUT2D eigenvalue weighted by Gasteiger charge is -2.28. The molecule has 1 N–H and O–H groups in total. The maximum absolute atomic E-state index is 5.49. The molecule has 2 rings (SSSR count). The quantitative estimate of drug-likeness (QED) is 0.714. The van der Waals surface area contributed by atoms with Crippen molar-refractivity contribution in [1.82, 2.24) is 10.2 Å². The maximum atomic E-state index is 5.49. The van der Waals surface area contributed by atoms with Crippen molar-refractivity contribution in [3.63, 3.8) is 0 Å². The van der Waals surface area contributed by atoms with Crippen molar-refractivity contribution in [3.8, 4) is 0 Å². The minimum Gasteiger partial charge on any atom is -0.379 e. The molecule has 0 spiro atoms. The summed E-state index contributed by atoms with van der Waals surface area (Å²) in [6.45, 7) is 7.66. The lowest BCUT2D eigenvalue weighted by atomic mass is 10.2. The van der Waals surface area contributed by atoms with E-state index >= 15 is 0 Å². The van der Waals surface area contributed by atoms with Gasteiger partial charge in [-0.15, -0.1) is 0 Å². The Morgan fingerprint density at radius 3 is 2.81 bits per heavy atom. The second kappa shape index (κ2) is 6.58. The van der Waals surface area contributed by atoms with Crippen LogP contribution in [0, 0.1) is 0 Å². The van der Waals surface area contributed by atoms with Crippen molar-refractivity contribution >= 4 is 0 Å². The molecule has 1 aliphatic carbocycles. The molecule has 0 radical (unpaired) electrons. The monoisotopic (exact) mass is 226 g/mol. The smallest absolute Gasteiger partial charge is 0.0620 e. The Morgan fingerprint density at radius 2 is 2.19 bits per heavy atom. The normalized spacial score (nSPS) is 26.2. The van der Waals surface area contributed by atoms with E-state index in [-0.39, 0.29) is 0 Å². The Hall–Kier alpha value is -0.120. The molecule has 3 heteroatoms. The van der Waals surface area contributed by atoms with Gasteiger partial charge in [-0.05, 0) is 38.8 Å². The van der Waals surface area contributed by atoms with Gasteiger partial charge in [0.05, 0.1) is 13.2 Å². The van der Waals surface area contributed by atoms with Crippen molar-refractivity contribution in [1.29, 1.82) is 0 Å². The highest BCUT2D eigenvalue weighted by Gasteiger charge is 2.28. The Balaban J connectivity index is 1.64. The van der Waals surface area contributed by atoms with Gasteiger partial charge >= 0.3 is 0 Å². The number of nitrogens with one attached hydrogen (secondary N) is 1. The van der Waals surface area contributed by atoms with Crippen LogP contribution in [-0.2, 0) is 4.74 Å². The fourth-order valence-corrected chi connectivity index (χ4v) is 2.40. The lowest BCUT2D eigenvalue weighted by Crippen LogP contribution is -2.43. The third kappa shape index (κ3) is 4.04. The third-order valence-corrected chi connectivity index (χ3v) is 3.63. The predicted octanol–water partition coefficient (Wildman–Crippen LogP) is 1.63. The largest absolute Gasteiger partial charge is 0.379 e. The molecule has 1 heterocycles. The van der Waals surface area contributed by atoms with Crippen molar-refractivity contribution in [2.24, 2.45) is 0 Å². The summed E-state index contributed by atoms with van der Waals surface area (Å²) in [4.78, 5) is 2.69. The van der Waals surface area contributed by atoms with Crippen LogP contribution < -0.4 is 5.32 Å². The van der Waals surface area contributed by atoms with E-state index in [1.165, 1.54) is 45.2 Å². The molecular weight excluding hydrogens is 200 g/mol. The SMILES string of the molecule is CCCCN(CCC1COCCN1)C1CC1. The second-order valence-corrected chi connectivity index (χ2v) is 5.14. The van der Waals surface area contributed by atoms with Gasteiger partial charge in [-0.2, -0.15) is 0 Å². The molecule has 0 bridgehead atoms. The van der Waals surface area contributed by atoms with Crippen LogP contribution >= 0.6 is 0 Å². The van der Waals surface area contributed by atoms with Gasteiger partial charge < -0.3 is 15.0 Å². The second-order valence-electron chi connectivity index (χ2n) is 5.14. The topological polar surface area (TPSA) is 24.5 Å². The van der Waals surface area contributed by atoms with Gasteiger partial charge in [0.2, 0.25) is 0 Å². The van der Waals surface area contributed by atoms with Crippen molar-refractivity contribution in [3.05, 3.63) is 0 Å². The summed E-state index contributed by atoms with van der Waals surface area (Å²) in [5.41, 5.74) is 0. The number of rotatable bonds is 7. The lowest BCUT2D eigenvalue weighted by molar-refractivity contribution is 0.0694. The van der Waals surface area contributed by atoms with Gasteiger partial charge in [0, 0.05) is 18.6 Å². The summed E-state index contributed by atoms with van der Waals surface area (Å²) in [6.07, 6.45) is 6.77. The molecule has 16 heavy (non-hydrogen) atoms. The first-order valence-corrected chi connectivity index (χ1v) is 6.95. The zero-order valence-electron chi connectivity index (χ0n) is 10.6. The first kappa shape index (κ1) is 12.3. The molecule has 94 valence electrons. The van der Waals surface area contributed by atoms with E-state index in [4.69, 9.17) is 4.74 Å². The van der Waals surface area contributed by atoms with Crippen molar-refractivity contribution in [2.45, 2.75) is 51.1 Å². The van der Waals surface area contributed by atoms with E-state index in [1.807, 2.05) is 0 Å². The average Bonchev–Trinajstić information content (AvgIpc) is 3.15. The average molecular weight is 226 g/mol. The number of hydrogen-bond acceptors (Lipinski definition) is 3. The molecule has 0 amide bonds. The van der Waals surface area contributed by atoms with Gasteiger partial charge in [-0.25, -0.2) is 0 Å². The number of morpholine rings is 1. The Morgan fingerprint density at radius 1 is 1.31 bits per heavy atom. The van der Waals surface area contributed by atoms with E-state index < -0.39 is 0 Å². The van der Waals surface area contributed by atoms with Crippen LogP contribution in [0.4, 0.5) is 0 Å². The highest BCUT2D eigenvalue weighted by molar-refractivity contribution is 4.85. The molecule has 1 aliphatic heterocycles. The summed E-state index contributed by atoms with van der Waals surface area (Å²) in [6, 6.07) is 1.51. The van der Waals surface area contributed by atoms with Gasteiger partial charge in [0.15, 0.2) is 0 Å². The van der Waals surface area contributed by atoms with Gasteiger partial charge in [-0.3, -0.25) is 0 Å². The zero-order valence-corrected chi connectivity index (χ0v) is 10.6. The number of nitrogens with zero attached hydrogens (tertiary/aromatic N) is 1. The minimum atomic E-state index is 0.594. The molecule has 0 aromatic heterocycles.